The molecule has 0 amide bonds. The highest BCUT2D eigenvalue weighted by Gasteiger charge is 2.25. The van der Waals surface area contributed by atoms with E-state index in [-0.39, 0.29) is 12.3 Å². The number of aromatic nitrogens is 1. The number of aliphatic imine (C=N–C) groups is 1. The van der Waals surface area contributed by atoms with Gasteiger partial charge in [0.2, 0.25) is 0 Å². The number of nitrogens with zero attached hydrogens (tertiary/aromatic N) is 2. The molecule has 5 nitrogen and oxygen atoms in total. The van der Waals surface area contributed by atoms with Gasteiger partial charge in [-0.05, 0) is 65.3 Å². The minimum atomic E-state index is -0.770. The summed E-state index contributed by atoms with van der Waals surface area (Å²) in [7, 11) is 1.69. The number of aryl methyl sites for hydroxylation is 1. The normalized spacial score (nSPS) is 16.1. The van der Waals surface area contributed by atoms with Gasteiger partial charge in [0.25, 0.3) is 0 Å². The lowest BCUT2D eigenvalue weighted by atomic mass is 9.84. The number of carboxylic acids is 1. The Morgan fingerprint density at radius 3 is 2.71 bits per heavy atom. The number of methoxy groups -OCH3 is 1. The van der Waals surface area contributed by atoms with Crippen molar-refractivity contribution in [3.05, 3.63) is 59.3 Å². The highest BCUT2D eigenvalue weighted by atomic mass is 16.5. The van der Waals surface area contributed by atoms with E-state index in [9.17, 15) is 4.79 Å². The largest absolute Gasteiger partial charge is 0.497 e. The molecule has 1 aliphatic rings. The lowest BCUT2D eigenvalue weighted by molar-refractivity contribution is -0.137. The van der Waals surface area contributed by atoms with Crippen LogP contribution in [0.15, 0.2) is 47.6 Å². The molecule has 2 unspecified atom stereocenters. The molecule has 0 saturated heterocycles. The van der Waals surface area contributed by atoms with E-state index in [0.29, 0.717) is 18.4 Å². The molecule has 0 spiro atoms. The molecule has 4 rings (SSSR count). The van der Waals surface area contributed by atoms with Crippen LogP contribution in [0.3, 0.4) is 0 Å². The molecule has 3 aromatic rings. The van der Waals surface area contributed by atoms with E-state index in [1.165, 1.54) is 22.1 Å². The van der Waals surface area contributed by atoms with Crippen LogP contribution in [-0.2, 0) is 17.8 Å². The Bertz CT molecular complexity index is 1140. The van der Waals surface area contributed by atoms with Crippen LogP contribution in [0.1, 0.15) is 55.7 Å². The predicted octanol–water partition coefficient (Wildman–Crippen LogP) is 5.93. The number of carbonyl (C=O) groups is 1. The minimum Gasteiger partial charge on any atom is -0.497 e. The first kappa shape index (κ1) is 21.2. The Kier molecular flexibility index (Phi) is 5.86. The molecule has 1 aromatic heterocycles. The average Bonchev–Trinajstić information content (AvgIpc) is 3.33. The van der Waals surface area contributed by atoms with Crippen LogP contribution in [-0.4, -0.2) is 29.0 Å². The van der Waals surface area contributed by atoms with Gasteiger partial charge in [0, 0.05) is 35.8 Å². The summed E-state index contributed by atoms with van der Waals surface area (Å²) in [4.78, 5) is 15.7. The molecule has 2 heterocycles. The third-order valence-electron chi connectivity index (χ3n) is 6.30. The lowest BCUT2D eigenvalue weighted by Crippen LogP contribution is -2.12. The van der Waals surface area contributed by atoms with Crippen molar-refractivity contribution in [3.63, 3.8) is 0 Å². The third-order valence-corrected chi connectivity index (χ3v) is 6.30. The fourth-order valence-corrected chi connectivity index (χ4v) is 4.60. The molecular formula is C26H30N2O3. The molecule has 0 radical (unpaired) electrons. The monoisotopic (exact) mass is 418 g/mol. The highest BCUT2D eigenvalue weighted by molar-refractivity contribution is 5.86. The Hall–Kier alpha value is -3.08. The van der Waals surface area contributed by atoms with Crippen LogP contribution in [0.2, 0.25) is 0 Å². The molecular weight excluding hydrogens is 388 g/mol. The van der Waals surface area contributed by atoms with Crippen molar-refractivity contribution in [1.29, 1.82) is 0 Å². The van der Waals surface area contributed by atoms with Gasteiger partial charge in [-0.15, -0.1) is 0 Å². The van der Waals surface area contributed by atoms with Gasteiger partial charge in [0.1, 0.15) is 5.75 Å². The van der Waals surface area contributed by atoms with Gasteiger partial charge in [-0.1, -0.05) is 26.8 Å². The Balaban J connectivity index is 1.60. The summed E-state index contributed by atoms with van der Waals surface area (Å²) < 4.78 is 7.49. The fourth-order valence-electron chi connectivity index (χ4n) is 4.60. The van der Waals surface area contributed by atoms with Crippen LogP contribution in [0, 0.1) is 5.92 Å². The van der Waals surface area contributed by atoms with Crippen LogP contribution >= 0.6 is 0 Å². The molecule has 0 fully saturated rings. The smallest absolute Gasteiger partial charge is 0.305 e. The van der Waals surface area contributed by atoms with Gasteiger partial charge in [0.15, 0.2) is 0 Å². The van der Waals surface area contributed by atoms with Crippen LogP contribution in [0.5, 0.6) is 5.75 Å². The number of carboxylic acid groups (broad SMARTS) is 1. The van der Waals surface area contributed by atoms with Crippen LogP contribution < -0.4 is 4.74 Å². The Morgan fingerprint density at radius 2 is 2.00 bits per heavy atom. The molecule has 0 bridgehead atoms. The van der Waals surface area contributed by atoms with E-state index in [1.807, 2.05) is 12.1 Å². The van der Waals surface area contributed by atoms with Crippen molar-refractivity contribution in [2.24, 2.45) is 10.9 Å². The second-order valence-corrected chi connectivity index (χ2v) is 8.84. The third kappa shape index (κ3) is 4.22. The summed E-state index contributed by atoms with van der Waals surface area (Å²) in [5.41, 5.74) is 5.94. The SMILES string of the molecule is COc1ccc2c(c1)C(C(C)Cc1ccc3c(c1)c(C(C)C)cn3CCC(=O)O)C=N2. The van der Waals surface area contributed by atoms with E-state index in [1.54, 1.807) is 7.11 Å². The number of ether oxygens (including phenoxy) is 1. The minimum absolute atomic E-state index is 0.129. The molecule has 162 valence electrons. The summed E-state index contributed by atoms with van der Waals surface area (Å²) in [5.74, 6) is 1.14. The van der Waals surface area contributed by atoms with Crippen molar-refractivity contribution >= 4 is 28.8 Å². The zero-order chi connectivity index (χ0) is 22.1. The van der Waals surface area contributed by atoms with Gasteiger partial charge in [-0.2, -0.15) is 0 Å². The summed E-state index contributed by atoms with van der Waals surface area (Å²) in [6, 6.07) is 12.7. The highest BCUT2D eigenvalue weighted by Crippen LogP contribution is 2.40. The van der Waals surface area contributed by atoms with Gasteiger partial charge in [-0.3, -0.25) is 9.79 Å². The topological polar surface area (TPSA) is 63.8 Å². The summed E-state index contributed by atoms with van der Waals surface area (Å²) in [6.07, 6.45) is 5.26. The number of hydrogen-bond acceptors (Lipinski definition) is 3. The van der Waals surface area contributed by atoms with Crippen LogP contribution in [0.4, 0.5) is 5.69 Å². The van der Waals surface area contributed by atoms with Crippen molar-refractivity contribution in [2.45, 2.75) is 52.0 Å². The number of fused-ring (bicyclic) bond motifs is 2. The number of rotatable bonds is 8. The van der Waals surface area contributed by atoms with Gasteiger partial charge in [-0.25, -0.2) is 0 Å². The van der Waals surface area contributed by atoms with E-state index in [2.05, 4.69) is 67.0 Å². The molecule has 1 aliphatic heterocycles. The van der Waals surface area contributed by atoms with Crippen molar-refractivity contribution in [2.75, 3.05) is 7.11 Å². The number of hydrogen-bond donors (Lipinski definition) is 1. The molecule has 5 heteroatoms. The van der Waals surface area contributed by atoms with Crippen molar-refractivity contribution < 1.29 is 14.6 Å². The van der Waals surface area contributed by atoms with E-state index < -0.39 is 5.97 Å². The van der Waals surface area contributed by atoms with E-state index in [4.69, 9.17) is 9.84 Å². The summed E-state index contributed by atoms with van der Waals surface area (Å²) >= 11 is 0. The maximum absolute atomic E-state index is 11.0. The Labute approximate surface area is 183 Å². The average molecular weight is 419 g/mol. The van der Waals surface area contributed by atoms with Gasteiger partial charge < -0.3 is 14.4 Å². The first-order chi connectivity index (χ1) is 14.9. The first-order valence-electron chi connectivity index (χ1n) is 10.9. The first-order valence-corrected chi connectivity index (χ1v) is 10.9. The van der Waals surface area contributed by atoms with Crippen molar-refractivity contribution in [1.82, 2.24) is 4.57 Å². The molecule has 2 aromatic carbocycles. The fraction of sp³-hybridized carbons (Fsp3) is 0.385. The van der Waals surface area contributed by atoms with E-state index in [0.717, 1.165) is 23.4 Å². The molecule has 1 N–H and O–H groups in total. The Morgan fingerprint density at radius 1 is 1.19 bits per heavy atom. The van der Waals surface area contributed by atoms with E-state index >= 15 is 0 Å². The maximum atomic E-state index is 11.0. The number of aliphatic carboxylic acids is 1. The molecule has 0 saturated carbocycles. The van der Waals surface area contributed by atoms with Gasteiger partial charge in [0.05, 0.1) is 19.2 Å². The molecule has 2 atom stereocenters. The number of benzene rings is 2. The summed E-state index contributed by atoms with van der Waals surface area (Å²) in [6.45, 7) is 7.14. The zero-order valence-corrected chi connectivity index (χ0v) is 18.6. The van der Waals surface area contributed by atoms with Crippen molar-refractivity contribution in [3.8, 4) is 5.75 Å². The zero-order valence-electron chi connectivity index (χ0n) is 18.6. The van der Waals surface area contributed by atoms with Gasteiger partial charge >= 0.3 is 5.97 Å². The quantitative estimate of drug-likeness (QED) is 0.493. The van der Waals surface area contributed by atoms with Crippen LogP contribution in [0.25, 0.3) is 10.9 Å². The molecule has 31 heavy (non-hydrogen) atoms. The predicted molar refractivity (Wildman–Crippen MR) is 125 cm³/mol. The second kappa shape index (κ2) is 8.58. The summed E-state index contributed by atoms with van der Waals surface area (Å²) in [5, 5.41) is 10.3. The molecule has 0 aliphatic carbocycles. The second-order valence-electron chi connectivity index (χ2n) is 8.84. The standard InChI is InChI=1S/C26H30N2O3/c1-16(2)23-15-28(10-9-26(29)30)25-8-5-18(12-21(23)25)11-17(3)22-14-27-24-7-6-19(31-4)13-20(22)24/h5-8,12-17,22H,9-11H2,1-4H3,(H,29,30). The lowest BCUT2D eigenvalue weighted by Gasteiger charge is -2.19. The maximum Gasteiger partial charge on any atom is 0.305 e.